The Bertz CT molecular complexity index is 657. The Morgan fingerprint density at radius 3 is 2.27 bits per heavy atom. The fourth-order valence-corrected chi connectivity index (χ4v) is 5.91. The van der Waals surface area contributed by atoms with Crippen molar-refractivity contribution in [3.63, 3.8) is 0 Å². The van der Waals surface area contributed by atoms with Gasteiger partial charge in [-0.25, -0.2) is 4.79 Å². The van der Waals surface area contributed by atoms with Crippen LogP contribution in [0.15, 0.2) is 0 Å². The van der Waals surface area contributed by atoms with Gasteiger partial charge in [0.15, 0.2) is 0 Å². The molecule has 4 rings (SSSR count). The summed E-state index contributed by atoms with van der Waals surface area (Å²) in [5.41, 5.74) is -0.708. The summed E-state index contributed by atoms with van der Waals surface area (Å²) in [6, 6.07) is -0.311. The highest BCUT2D eigenvalue weighted by molar-refractivity contribution is 6.07. The summed E-state index contributed by atoms with van der Waals surface area (Å²) in [5.74, 6) is 1.38. The smallest absolute Gasteiger partial charge is 0.325 e. The number of amides is 4. The summed E-state index contributed by atoms with van der Waals surface area (Å²) < 4.78 is 0. The van der Waals surface area contributed by atoms with Crippen molar-refractivity contribution in [2.45, 2.75) is 83.2 Å². The van der Waals surface area contributed by atoms with Gasteiger partial charge in [-0.1, -0.05) is 26.7 Å². The van der Waals surface area contributed by atoms with Crippen molar-refractivity contribution < 1.29 is 14.4 Å². The lowest BCUT2D eigenvalue weighted by molar-refractivity contribution is -0.136. The molecule has 0 aromatic rings. The van der Waals surface area contributed by atoms with Crippen LogP contribution in [0.2, 0.25) is 0 Å². The minimum absolute atomic E-state index is 0.0348. The summed E-state index contributed by atoms with van der Waals surface area (Å²) in [5, 5.41) is 3.05. The number of hydrogen-bond donors (Lipinski definition) is 1. The fraction of sp³-hybridized carbons (Fsp3) is 0.870. The first-order chi connectivity index (χ1) is 14.4. The molecule has 1 N–H and O–H groups in total. The van der Waals surface area contributed by atoms with E-state index in [-0.39, 0.29) is 23.9 Å². The van der Waals surface area contributed by atoms with Gasteiger partial charge in [0.05, 0.1) is 0 Å². The molecule has 4 aliphatic rings. The molecule has 3 heterocycles. The lowest BCUT2D eigenvalue weighted by atomic mass is 9.86. The normalized spacial score (nSPS) is 26.2. The van der Waals surface area contributed by atoms with E-state index in [1.54, 1.807) is 0 Å². The first-order valence-corrected chi connectivity index (χ1v) is 12.0. The van der Waals surface area contributed by atoms with Gasteiger partial charge in [0, 0.05) is 45.2 Å². The van der Waals surface area contributed by atoms with E-state index in [1.807, 2.05) is 4.90 Å². The predicted octanol–water partition coefficient (Wildman–Crippen LogP) is 2.60. The minimum Gasteiger partial charge on any atom is -0.343 e. The van der Waals surface area contributed by atoms with Gasteiger partial charge in [0.2, 0.25) is 5.91 Å². The number of urea groups is 1. The highest BCUT2D eigenvalue weighted by Gasteiger charge is 2.54. The molecule has 4 fully saturated rings. The molecule has 0 atom stereocenters. The number of rotatable bonds is 5. The fourth-order valence-electron chi connectivity index (χ4n) is 5.91. The first kappa shape index (κ1) is 21.6. The first-order valence-electron chi connectivity index (χ1n) is 12.0. The van der Waals surface area contributed by atoms with E-state index in [0.29, 0.717) is 57.0 Å². The lowest BCUT2D eigenvalue weighted by Crippen LogP contribution is -2.56. The summed E-state index contributed by atoms with van der Waals surface area (Å²) in [7, 11) is 0. The third-order valence-corrected chi connectivity index (χ3v) is 7.65. The third kappa shape index (κ3) is 4.36. The van der Waals surface area contributed by atoms with Crippen LogP contribution in [0.1, 0.15) is 71.6 Å². The van der Waals surface area contributed by atoms with Gasteiger partial charge in [0.25, 0.3) is 5.91 Å². The number of imide groups is 1. The SMILES string of the molecule is CC(C)CN1CCC2(CC1)NC(=O)N(C1CCN(C(=O)CC3CCCC3)CC1)C2=O. The standard InChI is InChI=1S/C23H38N4O3/c1-17(2)16-25-13-9-23(10-14-25)21(29)27(22(30)24-23)19-7-11-26(12-8-19)20(28)15-18-5-3-4-6-18/h17-19H,3-16H2,1-2H3,(H,24,30). The largest absolute Gasteiger partial charge is 0.343 e. The second-order valence-electron chi connectivity index (χ2n) is 10.3. The molecule has 0 unspecified atom stereocenters. The van der Waals surface area contributed by atoms with Crippen molar-refractivity contribution in [3.8, 4) is 0 Å². The third-order valence-electron chi connectivity index (χ3n) is 7.65. The summed E-state index contributed by atoms with van der Waals surface area (Å²) in [4.78, 5) is 44.5. The van der Waals surface area contributed by atoms with Gasteiger partial charge in [-0.3, -0.25) is 14.5 Å². The highest BCUT2D eigenvalue weighted by Crippen LogP contribution is 2.33. The molecule has 3 aliphatic heterocycles. The van der Waals surface area contributed by atoms with Crippen LogP contribution in [0.5, 0.6) is 0 Å². The average Bonchev–Trinajstić information content (AvgIpc) is 3.30. The number of carbonyl (C=O) groups is 3. The van der Waals surface area contributed by atoms with Crippen LogP contribution in [-0.2, 0) is 9.59 Å². The highest BCUT2D eigenvalue weighted by atomic mass is 16.2. The van der Waals surface area contributed by atoms with Gasteiger partial charge in [-0.15, -0.1) is 0 Å². The van der Waals surface area contributed by atoms with Crippen LogP contribution in [0, 0.1) is 11.8 Å². The van der Waals surface area contributed by atoms with Crippen molar-refractivity contribution in [1.29, 1.82) is 0 Å². The zero-order valence-electron chi connectivity index (χ0n) is 18.7. The lowest BCUT2D eigenvalue weighted by Gasteiger charge is -2.39. The van der Waals surface area contributed by atoms with Gasteiger partial charge in [-0.2, -0.15) is 0 Å². The van der Waals surface area contributed by atoms with E-state index in [4.69, 9.17) is 0 Å². The number of piperidine rings is 2. The second-order valence-corrected chi connectivity index (χ2v) is 10.3. The van der Waals surface area contributed by atoms with Crippen LogP contribution < -0.4 is 5.32 Å². The molecular weight excluding hydrogens is 380 g/mol. The van der Waals surface area contributed by atoms with Crippen molar-refractivity contribution in [1.82, 2.24) is 20.0 Å². The number of nitrogens with zero attached hydrogens (tertiary/aromatic N) is 3. The number of carbonyl (C=O) groups excluding carboxylic acids is 3. The van der Waals surface area contributed by atoms with E-state index in [2.05, 4.69) is 24.1 Å². The van der Waals surface area contributed by atoms with E-state index in [1.165, 1.54) is 30.6 Å². The molecule has 7 heteroatoms. The average molecular weight is 419 g/mol. The van der Waals surface area contributed by atoms with Crippen molar-refractivity contribution in [2.75, 3.05) is 32.7 Å². The van der Waals surface area contributed by atoms with Crippen LogP contribution in [0.4, 0.5) is 4.79 Å². The molecule has 30 heavy (non-hydrogen) atoms. The molecule has 0 bridgehead atoms. The quantitative estimate of drug-likeness (QED) is 0.697. The van der Waals surface area contributed by atoms with E-state index in [0.717, 1.165) is 19.6 Å². The van der Waals surface area contributed by atoms with Gasteiger partial charge in [-0.05, 0) is 50.4 Å². The van der Waals surface area contributed by atoms with Crippen LogP contribution >= 0.6 is 0 Å². The molecule has 0 radical (unpaired) electrons. The topological polar surface area (TPSA) is 73.0 Å². The Balaban J connectivity index is 1.30. The van der Waals surface area contributed by atoms with Crippen LogP contribution in [0.25, 0.3) is 0 Å². The maximum Gasteiger partial charge on any atom is 0.325 e. The van der Waals surface area contributed by atoms with E-state index < -0.39 is 5.54 Å². The Kier molecular flexibility index (Phi) is 6.37. The molecule has 1 spiro atoms. The van der Waals surface area contributed by atoms with E-state index >= 15 is 0 Å². The summed E-state index contributed by atoms with van der Waals surface area (Å²) in [6.45, 7) is 8.47. The maximum atomic E-state index is 13.3. The van der Waals surface area contributed by atoms with Gasteiger partial charge < -0.3 is 15.1 Å². The molecule has 3 saturated heterocycles. The monoisotopic (exact) mass is 418 g/mol. The summed E-state index contributed by atoms with van der Waals surface area (Å²) in [6.07, 6.45) is 8.33. The number of nitrogens with one attached hydrogen (secondary N) is 1. The molecule has 7 nitrogen and oxygen atoms in total. The number of hydrogen-bond acceptors (Lipinski definition) is 4. The van der Waals surface area contributed by atoms with Crippen LogP contribution in [0.3, 0.4) is 0 Å². The Hall–Kier alpha value is -1.63. The molecule has 0 aromatic carbocycles. The van der Waals surface area contributed by atoms with E-state index in [9.17, 15) is 14.4 Å². The second kappa shape index (κ2) is 8.85. The molecule has 0 aromatic heterocycles. The van der Waals surface area contributed by atoms with Gasteiger partial charge in [0.1, 0.15) is 5.54 Å². The van der Waals surface area contributed by atoms with Crippen LogP contribution in [-0.4, -0.2) is 76.8 Å². The Labute approximate surface area is 180 Å². The molecule has 4 amide bonds. The minimum atomic E-state index is -0.708. The zero-order chi connectivity index (χ0) is 21.3. The zero-order valence-corrected chi connectivity index (χ0v) is 18.7. The molecule has 1 aliphatic carbocycles. The number of likely N-dealkylation sites (tertiary alicyclic amines) is 2. The maximum absolute atomic E-state index is 13.3. The molecule has 168 valence electrons. The predicted molar refractivity (Wildman–Crippen MR) is 115 cm³/mol. The van der Waals surface area contributed by atoms with Crippen molar-refractivity contribution in [3.05, 3.63) is 0 Å². The van der Waals surface area contributed by atoms with Crippen molar-refractivity contribution in [2.24, 2.45) is 11.8 Å². The van der Waals surface area contributed by atoms with Crippen molar-refractivity contribution >= 4 is 17.8 Å². The van der Waals surface area contributed by atoms with Gasteiger partial charge >= 0.3 is 6.03 Å². The molecular formula is C23H38N4O3. The molecule has 1 saturated carbocycles. The Morgan fingerprint density at radius 2 is 1.67 bits per heavy atom. The summed E-state index contributed by atoms with van der Waals surface area (Å²) >= 11 is 0. The Morgan fingerprint density at radius 1 is 1.03 bits per heavy atom.